The van der Waals surface area contributed by atoms with Crippen LogP contribution in [0.3, 0.4) is 0 Å². The average Bonchev–Trinajstić information content (AvgIpc) is 1.64. The van der Waals surface area contributed by atoms with Crippen LogP contribution >= 0.6 is 7.60 Å². The Morgan fingerprint density at radius 2 is 1.90 bits per heavy atom. The summed E-state index contributed by atoms with van der Waals surface area (Å²) in [5, 5.41) is 0. The fourth-order valence-electron chi connectivity index (χ4n) is 0.360. The Bertz CT molecular complexity index is 151. The molecule has 0 fully saturated rings. The molecule has 0 saturated heterocycles. The van der Waals surface area contributed by atoms with E-state index in [2.05, 4.69) is 0 Å². The molecule has 6 heteroatoms. The molecule has 0 saturated carbocycles. The van der Waals surface area contributed by atoms with E-state index < -0.39 is 13.1 Å². The van der Waals surface area contributed by atoms with E-state index >= 15 is 0 Å². The Labute approximate surface area is 81.5 Å². The summed E-state index contributed by atoms with van der Waals surface area (Å²) in [5.41, 5.74) is -0.968. The van der Waals surface area contributed by atoms with Gasteiger partial charge >= 0.3 is 37.2 Å². The molecule has 0 spiro atoms. The zero-order valence-corrected chi connectivity index (χ0v) is 5.97. The maximum absolute atomic E-state index is 10.3. The number of hydrogen-bond donors (Lipinski definition) is 2. The van der Waals surface area contributed by atoms with Crippen molar-refractivity contribution in [2.24, 2.45) is 0 Å². The van der Waals surface area contributed by atoms with E-state index in [1.807, 2.05) is 0 Å². The van der Waals surface area contributed by atoms with E-state index in [1.54, 1.807) is 6.92 Å². The Kier molecular flexibility index (Phi) is 7.33. The molecule has 0 aromatic heterocycles. The van der Waals surface area contributed by atoms with Gasteiger partial charge in [0.15, 0.2) is 0 Å². The third kappa shape index (κ3) is 5.59. The maximum atomic E-state index is 10.3. The van der Waals surface area contributed by atoms with Crippen molar-refractivity contribution in [2.75, 3.05) is 0 Å². The molecule has 0 radical (unpaired) electrons. The van der Waals surface area contributed by atoms with Crippen molar-refractivity contribution in [3.63, 3.8) is 0 Å². The van der Waals surface area contributed by atoms with Crippen molar-refractivity contribution in [1.29, 1.82) is 0 Å². The van der Waals surface area contributed by atoms with Gasteiger partial charge in [-0.3, -0.25) is 9.36 Å². The number of hydrogen-bond acceptors (Lipinski definition) is 2. The normalized spacial score (nSPS) is 10.3. The van der Waals surface area contributed by atoms with Crippen LogP contribution in [0.4, 0.5) is 0 Å². The molecule has 0 heterocycles. The Hall–Kier alpha value is 0.820. The van der Waals surface area contributed by atoms with Crippen LogP contribution < -0.4 is 0 Å². The first-order valence-corrected chi connectivity index (χ1v) is 4.18. The molecule has 0 unspecified atom stereocenters. The third-order valence-electron chi connectivity index (χ3n) is 0.789. The van der Waals surface area contributed by atoms with Crippen LogP contribution in [0, 0.1) is 0 Å². The second-order valence-corrected chi connectivity index (χ2v) is 3.27. The second-order valence-electron chi connectivity index (χ2n) is 1.69. The van der Waals surface area contributed by atoms with Gasteiger partial charge in [0, 0.05) is 6.42 Å². The van der Waals surface area contributed by atoms with Crippen molar-refractivity contribution >= 4 is 42.7 Å². The van der Waals surface area contributed by atoms with Crippen molar-refractivity contribution in [1.82, 2.24) is 0 Å². The van der Waals surface area contributed by atoms with Crippen LogP contribution in [0.15, 0.2) is 0 Å². The molecule has 0 aromatic rings. The quantitative estimate of drug-likeness (QED) is 0.463. The summed E-state index contributed by atoms with van der Waals surface area (Å²) in [4.78, 5) is 26.7. The van der Waals surface area contributed by atoms with Gasteiger partial charge in [0.05, 0.1) is 0 Å². The van der Waals surface area contributed by atoms with Crippen LogP contribution in [-0.4, -0.2) is 44.9 Å². The summed E-state index contributed by atoms with van der Waals surface area (Å²) in [6, 6.07) is 0. The Morgan fingerprint density at radius 3 is 2.00 bits per heavy atom. The van der Waals surface area contributed by atoms with E-state index in [0.717, 1.165) is 0 Å². The molecule has 56 valence electrons. The fourth-order valence-corrected chi connectivity index (χ4v) is 0.874. The average molecular weight is 176 g/mol. The first-order valence-electron chi connectivity index (χ1n) is 2.57. The molecule has 0 aromatic carbocycles. The van der Waals surface area contributed by atoms with Gasteiger partial charge in [0.1, 0.15) is 0 Å². The molecule has 4 nitrogen and oxygen atoms in total. The zero-order chi connectivity index (χ0) is 7.49. The van der Waals surface area contributed by atoms with Crippen molar-refractivity contribution in [3.8, 4) is 0 Å². The molecular formula is C4H10NaO4P. The summed E-state index contributed by atoms with van der Waals surface area (Å²) in [6.07, 6.45) is 0.439. The summed E-state index contributed by atoms with van der Waals surface area (Å²) >= 11 is 0. The summed E-state index contributed by atoms with van der Waals surface area (Å²) < 4.78 is 10.1. The van der Waals surface area contributed by atoms with Gasteiger partial charge in [-0.05, 0) is 6.42 Å². The SMILES string of the molecule is CCCC(=O)P(=O)(O)O.[NaH]. The van der Waals surface area contributed by atoms with E-state index in [9.17, 15) is 9.36 Å². The van der Waals surface area contributed by atoms with Gasteiger partial charge in [0.25, 0.3) is 0 Å². The van der Waals surface area contributed by atoms with E-state index in [-0.39, 0.29) is 36.0 Å². The minimum absolute atomic E-state index is 0. The molecular weight excluding hydrogens is 166 g/mol. The molecule has 0 aliphatic heterocycles. The Balaban J connectivity index is 0. The Morgan fingerprint density at radius 1 is 1.50 bits per heavy atom. The monoisotopic (exact) mass is 176 g/mol. The summed E-state index contributed by atoms with van der Waals surface area (Å²) in [6.45, 7) is 1.69. The number of carbonyl (C=O) groups is 1. The molecule has 0 aliphatic carbocycles. The summed E-state index contributed by atoms with van der Waals surface area (Å²) in [5.74, 6) is 0. The number of rotatable bonds is 3. The van der Waals surface area contributed by atoms with Crippen LogP contribution in [0.1, 0.15) is 19.8 Å². The van der Waals surface area contributed by atoms with Crippen LogP contribution in [-0.2, 0) is 9.36 Å². The van der Waals surface area contributed by atoms with Gasteiger partial charge in [-0.15, -0.1) is 0 Å². The molecule has 0 aliphatic rings. The number of carbonyl (C=O) groups excluding carboxylic acids is 1. The van der Waals surface area contributed by atoms with Crippen molar-refractivity contribution < 1.29 is 19.1 Å². The van der Waals surface area contributed by atoms with Gasteiger partial charge in [-0.1, -0.05) is 6.92 Å². The van der Waals surface area contributed by atoms with Crippen LogP contribution in [0.25, 0.3) is 0 Å². The second kappa shape index (κ2) is 5.47. The molecule has 0 rings (SSSR count). The van der Waals surface area contributed by atoms with E-state index in [1.165, 1.54) is 0 Å². The molecule has 2 N–H and O–H groups in total. The zero-order valence-electron chi connectivity index (χ0n) is 5.07. The van der Waals surface area contributed by atoms with Gasteiger partial charge < -0.3 is 9.79 Å². The van der Waals surface area contributed by atoms with Crippen LogP contribution in [0.5, 0.6) is 0 Å². The first-order chi connectivity index (χ1) is 3.98. The van der Waals surface area contributed by atoms with E-state index in [4.69, 9.17) is 9.79 Å². The molecule has 0 atom stereocenters. The van der Waals surface area contributed by atoms with Gasteiger partial charge in [0.2, 0.25) is 5.52 Å². The van der Waals surface area contributed by atoms with Gasteiger partial charge in [-0.2, -0.15) is 0 Å². The molecule has 0 bridgehead atoms. The van der Waals surface area contributed by atoms with Crippen molar-refractivity contribution in [3.05, 3.63) is 0 Å². The first kappa shape index (κ1) is 13.4. The van der Waals surface area contributed by atoms with E-state index in [0.29, 0.717) is 6.42 Å². The van der Waals surface area contributed by atoms with Crippen molar-refractivity contribution in [2.45, 2.75) is 19.8 Å². The fraction of sp³-hybridized carbons (Fsp3) is 0.750. The standard InChI is InChI=1S/C4H9O4P.Na.H/c1-2-3-4(5)9(6,7)8;;/h2-3H2,1H3,(H2,6,7,8);;. The minimum atomic E-state index is -4.41. The van der Waals surface area contributed by atoms with Gasteiger partial charge in [-0.25, -0.2) is 0 Å². The molecule has 10 heavy (non-hydrogen) atoms. The summed E-state index contributed by atoms with van der Waals surface area (Å²) in [7, 11) is -4.41. The predicted octanol–water partition coefficient (Wildman–Crippen LogP) is -0.158. The topological polar surface area (TPSA) is 74.6 Å². The third-order valence-corrected chi connectivity index (χ3v) is 1.66. The molecule has 0 amide bonds. The predicted molar refractivity (Wildman–Crippen MR) is 39.1 cm³/mol. The van der Waals surface area contributed by atoms with Crippen LogP contribution in [0.2, 0.25) is 0 Å².